The van der Waals surface area contributed by atoms with Crippen molar-refractivity contribution in [1.82, 2.24) is 19.6 Å². The lowest BCUT2D eigenvalue weighted by Gasteiger charge is -2.31. The number of rotatable bonds is 8. The van der Waals surface area contributed by atoms with Gasteiger partial charge in [-0.3, -0.25) is 0 Å². The minimum Gasteiger partial charge on any atom is -0.493 e. The molecule has 0 saturated carbocycles. The first-order valence-corrected chi connectivity index (χ1v) is 11.9. The second kappa shape index (κ2) is 11.5. The van der Waals surface area contributed by atoms with Crippen LogP contribution >= 0.6 is 0 Å². The summed E-state index contributed by atoms with van der Waals surface area (Å²) < 4.78 is 124. The number of nitrogens with zero attached hydrogens (tertiary/aromatic N) is 3. The third kappa shape index (κ3) is 7.30. The van der Waals surface area contributed by atoms with E-state index < -0.39 is 55.2 Å². The summed E-state index contributed by atoms with van der Waals surface area (Å²) in [5.74, 6) is 0.0538. The molecule has 3 aromatic rings. The van der Waals surface area contributed by atoms with Crippen molar-refractivity contribution < 1.29 is 49.0 Å². The summed E-state index contributed by atoms with van der Waals surface area (Å²) in [5, 5.41) is 1.67. The summed E-state index contributed by atoms with van der Waals surface area (Å²) in [5.41, 5.74) is 0.168. The molecule has 0 unspecified atom stereocenters. The average molecular weight is 584 g/mol. The molecule has 220 valence electrons. The van der Waals surface area contributed by atoms with E-state index >= 15 is 0 Å². The average Bonchev–Trinajstić information content (AvgIpc) is 3.30. The van der Waals surface area contributed by atoms with Crippen molar-refractivity contribution in [3.05, 3.63) is 54.0 Å². The highest BCUT2D eigenvalue weighted by atomic mass is 19.4. The topological polar surface area (TPSA) is 58.9 Å². The van der Waals surface area contributed by atoms with Gasteiger partial charge in [-0.25, -0.2) is 9.78 Å². The second-order valence-corrected chi connectivity index (χ2v) is 8.94. The fourth-order valence-corrected chi connectivity index (χ4v) is 4.12. The molecule has 15 heteroatoms. The number of carbonyl (C=O) groups excluding carboxylic acids is 1. The zero-order chi connectivity index (χ0) is 30.0. The van der Waals surface area contributed by atoms with Gasteiger partial charge in [0.1, 0.15) is 6.04 Å². The van der Waals surface area contributed by atoms with Crippen LogP contribution in [0.25, 0.3) is 16.8 Å². The molecule has 0 saturated heterocycles. The predicted molar refractivity (Wildman–Crippen MR) is 127 cm³/mol. The molecular weight excluding hydrogens is 559 g/mol. The summed E-state index contributed by atoms with van der Waals surface area (Å²) in [4.78, 5) is 17.4. The molecule has 2 amide bonds. The second-order valence-electron chi connectivity index (χ2n) is 8.94. The fraction of sp³-hybridized carbons (Fsp3) is 0.440. The molecule has 2 aromatic heterocycles. The number of ether oxygens (including phenoxy) is 1. The summed E-state index contributed by atoms with van der Waals surface area (Å²) in [6.45, 7) is 2.94. The van der Waals surface area contributed by atoms with Crippen LogP contribution in [-0.2, 0) is 6.18 Å². The van der Waals surface area contributed by atoms with Gasteiger partial charge in [-0.1, -0.05) is 18.2 Å². The molecule has 2 atom stereocenters. The number of pyridine rings is 1. The molecule has 1 aromatic carbocycles. The SMILES string of the molecule is CCN(C(=O)N[C@@H](CCC(F)(F)F)C(F)(F)F)[C@H](C)c1cccc(-c2cc(OC)c3nc(C(F)(F)F)cn3c2)c1. The van der Waals surface area contributed by atoms with E-state index in [1.54, 1.807) is 29.6 Å². The fourth-order valence-electron chi connectivity index (χ4n) is 4.12. The largest absolute Gasteiger partial charge is 0.493 e. The Hall–Kier alpha value is -3.65. The van der Waals surface area contributed by atoms with Crippen molar-refractivity contribution in [2.75, 3.05) is 13.7 Å². The van der Waals surface area contributed by atoms with Crippen LogP contribution in [0.5, 0.6) is 5.75 Å². The van der Waals surface area contributed by atoms with Gasteiger partial charge in [0, 0.05) is 30.9 Å². The number of fused-ring (bicyclic) bond motifs is 1. The van der Waals surface area contributed by atoms with Crippen LogP contribution in [0.2, 0.25) is 0 Å². The molecule has 3 rings (SSSR count). The van der Waals surface area contributed by atoms with Gasteiger partial charge in [0.25, 0.3) is 0 Å². The monoisotopic (exact) mass is 584 g/mol. The summed E-state index contributed by atoms with van der Waals surface area (Å²) in [7, 11) is 1.26. The maximum atomic E-state index is 13.3. The van der Waals surface area contributed by atoms with Crippen LogP contribution in [0.4, 0.5) is 44.3 Å². The van der Waals surface area contributed by atoms with E-state index in [1.165, 1.54) is 33.2 Å². The van der Waals surface area contributed by atoms with Gasteiger partial charge in [0.2, 0.25) is 0 Å². The molecule has 2 heterocycles. The Balaban J connectivity index is 1.89. The van der Waals surface area contributed by atoms with Crippen molar-refractivity contribution in [3.8, 4) is 16.9 Å². The van der Waals surface area contributed by atoms with Gasteiger partial charge in [-0.2, -0.15) is 39.5 Å². The number of hydrogen-bond donors (Lipinski definition) is 1. The number of methoxy groups -OCH3 is 1. The molecule has 0 fully saturated rings. The number of halogens is 9. The van der Waals surface area contributed by atoms with E-state index in [0.29, 0.717) is 16.7 Å². The quantitative estimate of drug-likeness (QED) is 0.281. The number of urea groups is 1. The third-order valence-corrected chi connectivity index (χ3v) is 6.21. The number of aromatic nitrogens is 2. The highest BCUT2D eigenvalue weighted by Crippen LogP contribution is 2.34. The normalized spacial score (nSPS) is 14.2. The Morgan fingerprint density at radius 1 is 1.05 bits per heavy atom. The van der Waals surface area contributed by atoms with Gasteiger partial charge < -0.3 is 19.4 Å². The molecule has 40 heavy (non-hydrogen) atoms. The zero-order valence-electron chi connectivity index (χ0n) is 21.4. The molecular formula is C25H25F9N4O2. The summed E-state index contributed by atoms with van der Waals surface area (Å²) >= 11 is 0. The number of benzene rings is 1. The van der Waals surface area contributed by atoms with Gasteiger partial charge in [-0.05, 0) is 43.5 Å². The Labute approximate surface area is 222 Å². The Morgan fingerprint density at radius 2 is 1.73 bits per heavy atom. The van der Waals surface area contributed by atoms with Gasteiger partial charge in [0.15, 0.2) is 17.1 Å². The van der Waals surface area contributed by atoms with Crippen molar-refractivity contribution in [1.29, 1.82) is 0 Å². The number of carbonyl (C=O) groups is 1. The lowest BCUT2D eigenvalue weighted by atomic mass is 10.00. The number of nitrogens with one attached hydrogen (secondary N) is 1. The maximum absolute atomic E-state index is 13.3. The molecule has 0 spiro atoms. The Bertz CT molecular complexity index is 1330. The maximum Gasteiger partial charge on any atom is 0.434 e. The standard InChI is InChI=1S/C25H25F9N4O2/c1-4-38(22(39)36-19(24(29,30)31)8-9-23(26,27)28)14(2)15-6-5-7-16(10-15)17-11-18(40-3)21-35-20(25(32,33)34)13-37(21)12-17/h5-7,10-14,19H,4,8-9H2,1-3H3,(H,36,39)/t14-,19+/m1/s1. The van der Waals surface area contributed by atoms with Gasteiger partial charge in [0.05, 0.1) is 13.2 Å². The highest BCUT2D eigenvalue weighted by Gasteiger charge is 2.43. The van der Waals surface area contributed by atoms with E-state index in [0.717, 1.165) is 15.5 Å². The number of imidazole rings is 1. The first-order valence-electron chi connectivity index (χ1n) is 11.9. The lowest BCUT2D eigenvalue weighted by molar-refractivity contribution is -0.171. The molecule has 0 bridgehead atoms. The summed E-state index contributed by atoms with van der Waals surface area (Å²) in [6, 6.07) is 3.13. The molecule has 1 N–H and O–H groups in total. The van der Waals surface area contributed by atoms with E-state index in [9.17, 15) is 44.3 Å². The van der Waals surface area contributed by atoms with Crippen LogP contribution in [-0.4, -0.2) is 52.4 Å². The number of hydrogen-bond acceptors (Lipinski definition) is 3. The minimum absolute atomic E-state index is 0.0538. The van der Waals surface area contributed by atoms with Crippen LogP contribution in [0, 0.1) is 0 Å². The Kier molecular flexibility index (Phi) is 8.84. The van der Waals surface area contributed by atoms with Crippen LogP contribution in [0.15, 0.2) is 42.7 Å². The molecule has 6 nitrogen and oxygen atoms in total. The molecule has 0 aliphatic rings. The smallest absolute Gasteiger partial charge is 0.434 e. The lowest BCUT2D eigenvalue weighted by Crippen LogP contribution is -2.51. The van der Waals surface area contributed by atoms with Crippen molar-refractivity contribution in [3.63, 3.8) is 0 Å². The van der Waals surface area contributed by atoms with Gasteiger partial charge in [-0.15, -0.1) is 0 Å². The summed E-state index contributed by atoms with van der Waals surface area (Å²) in [6.07, 6.45) is -15.5. The zero-order valence-corrected chi connectivity index (χ0v) is 21.4. The van der Waals surface area contributed by atoms with Crippen LogP contribution < -0.4 is 10.1 Å². The minimum atomic E-state index is -5.10. The van der Waals surface area contributed by atoms with E-state index in [2.05, 4.69) is 4.98 Å². The Morgan fingerprint density at radius 3 is 2.27 bits per heavy atom. The molecule has 0 aliphatic heterocycles. The van der Waals surface area contributed by atoms with Gasteiger partial charge >= 0.3 is 24.6 Å². The van der Waals surface area contributed by atoms with E-state index in [-0.39, 0.29) is 17.9 Å². The van der Waals surface area contributed by atoms with Crippen LogP contribution in [0.3, 0.4) is 0 Å². The van der Waals surface area contributed by atoms with E-state index in [1.807, 2.05) is 0 Å². The van der Waals surface area contributed by atoms with Crippen LogP contribution in [0.1, 0.15) is 44.0 Å². The van der Waals surface area contributed by atoms with Crippen molar-refractivity contribution >= 4 is 11.7 Å². The molecule has 0 aliphatic carbocycles. The first-order chi connectivity index (χ1) is 18.4. The predicted octanol–water partition coefficient (Wildman–Crippen LogP) is 7.39. The highest BCUT2D eigenvalue weighted by molar-refractivity contribution is 5.75. The van der Waals surface area contributed by atoms with Crippen molar-refractivity contribution in [2.24, 2.45) is 0 Å². The first kappa shape index (κ1) is 30.9. The number of amides is 2. The third-order valence-electron chi connectivity index (χ3n) is 6.21. The van der Waals surface area contributed by atoms with Crippen molar-refractivity contribution in [2.45, 2.75) is 57.3 Å². The molecule has 0 radical (unpaired) electrons. The number of alkyl halides is 9. The van der Waals surface area contributed by atoms with E-state index in [4.69, 9.17) is 4.74 Å².